The number of benzene rings is 1. The van der Waals surface area contributed by atoms with Crippen LogP contribution in [0, 0.1) is 17.0 Å². The van der Waals surface area contributed by atoms with Gasteiger partial charge in [-0.3, -0.25) is 10.1 Å². The van der Waals surface area contributed by atoms with Crippen LogP contribution in [0.15, 0.2) is 23.8 Å². The zero-order valence-electron chi connectivity index (χ0n) is 9.65. The maximum absolute atomic E-state index is 10.6. The molecule has 0 aliphatic carbocycles. The van der Waals surface area contributed by atoms with Crippen LogP contribution in [-0.2, 0) is 6.42 Å². The molecule has 0 unspecified atom stereocenters. The minimum atomic E-state index is -0.486. The van der Waals surface area contributed by atoms with Gasteiger partial charge in [0.25, 0.3) is 5.69 Å². The number of hydrogen-bond acceptors (Lipinski definition) is 3. The van der Waals surface area contributed by atoms with Gasteiger partial charge in [-0.2, -0.15) is 0 Å². The number of hydrogen-bond donors (Lipinski definition) is 1. The molecule has 1 aromatic rings. The summed E-state index contributed by atoms with van der Waals surface area (Å²) < 4.78 is 0. The van der Waals surface area contributed by atoms with Gasteiger partial charge in [0, 0.05) is 6.07 Å². The zero-order chi connectivity index (χ0) is 12.3. The van der Waals surface area contributed by atoms with E-state index in [9.17, 15) is 15.2 Å². The summed E-state index contributed by atoms with van der Waals surface area (Å²) in [7, 11) is 0. The predicted octanol–water partition coefficient (Wildman–Crippen LogP) is 3.12. The summed E-state index contributed by atoms with van der Waals surface area (Å²) in [5, 5.41) is 20.4. The summed E-state index contributed by atoms with van der Waals surface area (Å²) >= 11 is 0. The van der Waals surface area contributed by atoms with Gasteiger partial charge in [-0.1, -0.05) is 11.6 Å². The van der Waals surface area contributed by atoms with E-state index in [0.29, 0.717) is 17.5 Å². The fourth-order valence-electron chi connectivity index (χ4n) is 1.42. The fraction of sp³-hybridized carbons (Fsp3) is 0.333. The topological polar surface area (TPSA) is 63.4 Å². The van der Waals surface area contributed by atoms with Crippen LogP contribution in [0.5, 0.6) is 5.75 Å². The van der Waals surface area contributed by atoms with Gasteiger partial charge < -0.3 is 5.11 Å². The number of rotatable bonds is 3. The van der Waals surface area contributed by atoms with E-state index in [1.165, 1.54) is 6.07 Å². The average molecular weight is 221 g/mol. The van der Waals surface area contributed by atoms with Gasteiger partial charge in [0.2, 0.25) is 0 Å². The van der Waals surface area contributed by atoms with Crippen LogP contribution in [0.25, 0.3) is 0 Å². The van der Waals surface area contributed by atoms with Gasteiger partial charge in [0.15, 0.2) is 0 Å². The van der Waals surface area contributed by atoms with Crippen molar-refractivity contribution in [2.75, 3.05) is 0 Å². The van der Waals surface area contributed by atoms with E-state index in [1.807, 2.05) is 19.9 Å². The number of aromatic hydroxyl groups is 1. The molecular formula is C12H15NO3. The third-order valence-electron chi connectivity index (χ3n) is 2.41. The summed E-state index contributed by atoms with van der Waals surface area (Å²) in [6, 6.07) is 3.03. The predicted molar refractivity (Wildman–Crippen MR) is 62.6 cm³/mol. The van der Waals surface area contributed by atoms with Crippen LogP contribution in [0.1, 0.15) is 25.0 Å². The van der Waals surface area contributed by atoms with Gasteiger partial charge in [-0.15, -0.1) is 0 Å². The summed E-state index contributed by atoms with van der Waals surface area (Å²) in [5.41, 5.74) is 2.14. The monoisotopic (exact) mass is 221 g/mol. The Bertz CT molecular complexity index is 446. The zero-order valence-corrected chi connectivity index (χ0v) is 9.65. The lowest BCUT2D eigenvalue weighted by molar-refractivity contribution is -0.385. The summed E-state index contributed by atoms with van der Waals surface area (Å²) in [5.74, 6) is 0.0201. The Kier molecular flexibility index (Phi) is 3.66. The average Bonchev–Trinajstić information content (AvgIpc) is 2.19. The Morgan fingerprint density at radius 1 is 1.50 bits per heavy atom. The Hall–Kier alpha value is -1.84. The highest BCUT2D eigenvalue weighted by atomic mass is 16.6. The van der Waals surface area contributed by atoms with Crippen molar-refractivity contribution in [2.45, 2.75) is 27.2 Å². The molecule has 4 nitrogen and oxygen atoms in total. The van der Waals surface area contributed by atoms with E-state index < -0.39 is 4.92 Å². The lowest BCUT2D eigenvalue weighted by Gasteiger charge is -2.05. The third kappa shape index (κ3) is 2.59. The summed E-state index contributed by atoms with van der Waals surface area (Å²) in [6.45, 7) is 5.49. The van der Waals surface area contributed by atoms with Gasteiger partial charge in [-0.05, 0) is 38.8 Å². The molecule has 0 spiro atoms. The molecule has 0 atom stereocenters. The maximum Gasteiger partial charge on any atom is 0.276 e. The molecule has 0 bridgehead atoms. The molecule has 4 heteroatoms. The highest BCUT2D eigenvalue weighted by Crippen LogP contribution is 2.30. The molecule has 0 radical (unpaired) electrons. The standard InChI is InChI=1S/C12H15NO3/c1-8(2)4-5-10-6-7-11(13(15)16)9(3)12(10)14/h4,6-7,14H,5H2,1-3H3. The van der Waals surface area contributed by atoms with Crippen LogP contribution in [0.2, 0.25) is 0 Å². The van der Waals surface area contributed by atoms with Crippen molar-refractivity contribution in [1.82, 2.24) is 0 Å². The highest BCUT2D eigenvalue weighted by Gasteiger charge is 2.15. The first-order valence-corrected chi connectivity index (χ1v) is 5.02. The van der Waals surface area contributed by atoms with Gasteiger partial charge in [0.1, 0.15) is 5.75 Å². The maximum atomic E-state index is 10.6. The van der Waals surface area contributed by atoms with E-state index >= 15 is 0 Å². The van der Waals surface area contributed by atoms with Crippen molar-refractivity contribution in [3.8, 4) is 5.75 Å². The number of nitro groups is 1. The first-order valence-electron chi connectivity index (χ1n) is 5.02. The first-order chi connectivity index (χ1) is 7.43. The second-order valence-electron chi connectivity index (χ2n) is 3.96. The van der Waals surface area contributed by atoms with Gasteiger partial charge >= 0.3 is 0 Å². The van der Waals surface area contributed by atoms with Gasteiger partial charge in [-0.25, -0.2) is 0 Å². The lowest BCUT2D eigenvalue weighted by atomic mass is 10.0. The van der Waals surface area contributed by atoms with Gasteiger partial charge in [0.05, 0.1) is 10.5 Å². The van der Waals surface area contributed by atoms with E-state index in [4.69, 9.17) is 0 Å². The normalized spacial score (nSPS) is 9.94. The molecule has 16 heavy (non-hydrogen) atoms. The van der Waals surface area contributed by atoms with Crippen molar-refractivity contribution in [3.63, 3.8) is 0 Å². The number of nitrogens with zero attached hydrogens (tertiary/aromatic N) is 1. The Morgan fingerprint density at radius 2 is 2.12 bits per heavy atom. The number of nitro benzene ring substituents is 1. The lowest BCUT2D eigenvalue weighted by Crippen LogP contribution is -1.94. The Balaban J connectivity index is 3.12. The van der Waals surface area contributed by atoms with E-state index in [-0.39, 0.29) is 11.4 Å². The molecule has 0 fully saturated rings. The quantitative estimate of drug-likeness (QED) is 0.484. The fourth-order valence-corrected chi connectivity index (χ4v) is 1.42. The molecule has 0 aliphatic heterocycles. The molecule has 1 N–H and O–H groups in total. The van der Waals surface area contributed by atoms with Crippen LogP contribution in [0.4, 0.5) is 5.69 Å². The summed E-state index contributed by atoms with van der Waals surface area (Å²) in [6.07, 6.45) is 2.56. The minimum Gasteiger partial charge on any atom is -0.507 e. The van der Waals surface area contributed by atoms with E-state index in [2.05, 4.69) is 0 Å². The van der Waals surface area contributed by atoms with Crippen molar-refractivity contribution in [3.05, 3.63) is 45.0 Å². The molecule has 0 amide bonds. The Morgan fingerprint density at radius 3 is 2.62 bits per heavy atom. The second-order valence-corrected chi connectivity index (χ2v) is 3.96. The largest absolute Gasteiger partial charge is 0.507 e. The van der Waals surface area contributed by atoms with E-state index in [0.717, 1.165) is 5.57 Å². The van der Waals surface area contributed by atoms with Crippen LogP contribution >= 0.6 is 0 Å². The molecular weight excluding hydrogens is 206 g/mol. The number of allylic oxidation sites excluding steroid dienone is 2. The molecule has 1 rings (SSSR count). The van der Waals surface area contributed by atoms with Crippen LogP contribution in [-0.4, -0.2) is 10.0 Å². The smallest absolute Gasteiger partial charge is 0.276 e. The third-order valence-corrected chi connectivity index (χ3v) is 2.41. The van der Waals surface area contributed by atoms with E-state index in [1.54, 1.807) is 13.0 Å². The molecule has 0 aromatic heterocycles. The van der Waals surface area contributed by atoms with Crippen LogP contribution in [0.3, 0.4) is 0 Å². The molecule has 0 heterocycles. The first kappa shape index (κ1) is 12.2. The SMILES string of the molecule is CC(C)=CCc1ccc([N+](=O)[O-])c(C)c1O. The molecule has 1 aromatic carbocycles. The molecule has 0 saturated heterocycles. The molecule has 0 aliphatic rings. The minimum absolute atomic E-state index is 0.0201. The number of phenolic OH excluding ortho intramolecular Hbond substituents is 1. The summed E-state index contributed by atoms with van der Waals surface area (Å²) in [4.78, 5) is 10.1. The molecule has 0 saturated carbocycles. The molecule has 86 valence electrons. The van der Waals surface area contributed by atoms with Crippen molar-refractivity contribution in [1.29, 1.82) is 0 Å². The number of phenols is 1. The second kappa shape index (κ2) is 4.79. The van der Waals surface area contributed by atoms with Crippen molar-refractivity contribution < 1.29 is 10.0 Å². The van der Waals surface area contributed by atoms with Crippen LogP contribution < -0.4 is 0 Å². The highest BCUT2D eigenvalue weighted by molar-refractivity contribution is 5.52. The Labute approximate surface area is 94.4 Å². The van der Waals surface area contributed by atoms with Crippen molar-refractivity contribution >= 4 is 5.69 Å². The van der Waals surface area contributed by atoms with Crippen molar-refractivity contribution in [2.24, 2.45) is 0 Å².